The van der Waals surface area contributed by atoms with E-state index < -0.39 is 0 Å². The molecule has 1 N–H and O–H groups in total. The van der Waals surface area contributed by atoms with Crippen LogP contribution < -0.4 is 5.32 Å². The number of nitrogens with zero attached hydrogens (tertiary/aromatic N) is 1. The van der Waals surface area contributed by atoms with Crippen molar-refractivity contribution in [2.24, 2.45) is 5.92 Å². The van der Waals surface area contributed by atoms with E-state index in [0.717, 1.165) is 19.5 Å². The molecule has 0 bridgehead atoms. The summed E-state index contributed by atoms with van der Waals surface area (Å²) < 4.78 is 0. The third-order valence-electron chi connectivity index (χ3n) is 2.79. The first-order valence-electron chi connectivity index (χ1n) is 5.07. The fraction of sp³-hybridized carbons (Fsp3) is 0.900. The van der Waals surface area contributed by atoms with Crippen LogP contribution in [0.4, 0.5) is 0 Å². The summed E-state index contributed by atoms with van der Waals surface area (Å²) >= 11 is 0. The number of carbonyl (C=O) groups excluding carboxylic acids is 1. The quantitative estimate of drug-likeness (QED) is 0.705. The van der Waals surface area contributed by atoms with E-state index in [9.17, 15) is 4.79 Å². The molecule has 0 radical (unpaired) electrons. The summed E-state index contributed by atoms with van der Waals surface area (Å²) in [7, 11) is 1.88. The predicted molar refractivity (Wildman–Crippen MR) is 53.5 cm³/mol. The summed E-state index contributed by atoms with van der Waals surface area (Å²) in [6.45, 7) is 6.18. The lowest BCUT2D eigenvalue weighted by molar-refractivity contribution is -0.132. The molecule has 13 heavy (non-hydrogen) atoms. The van der Waals surface area contributed by atoms with Crippen molar-refractivity contribution >= 4 is 5.91 Å². The van der Waals surface area contributed by atoms with Crippen LogP contribution >= 0.6 is 0 Å². The van der Waals surface area contributed by atoms with Crippen molar-refractivity contribution in [1.29, 1.82) is 0 Å². The van der Waals surface area contributed by atoms with Crippen LogP contribution in [-0.4, -0.2) is 37.0 Å². The molecule has 3 heteroatoms. The minimum Gasteiger partial charge on any atom is -0.343 e. The smallest absolute Gasteiger partial charge is 0.222 e. The van der Waals surface area contributed by atoms with Gasteiger partial charge in [-0.05, 0) is 39.3 Å². The van der Waals surface area contributed by atoms with Crippen molar-refractivity contribution < 1.29 is 4.79 Å². The van der Waals surface area contributed by atoms with Crippen LogP contribution in [0, 0.1) is 5.92 Å². The molecule has 1 unspecified atom stereocenters. The van der Waals surface area contributed by atoms with Crippen LogP contribution in [0.2, 0.25) is 0 Å². The van der Waals surface area contributed by atoms with Gasteiger partial charge in [0.1, 0.15) is 0 Å². The van der Waals surface area contributed by atoms with Gasteiger partial charge in [0.2, 0.25) is 5.91 Å². The number of hydrogen-bond donors (Lipinski definition) is 1. The van der Waals surface area contributed by atoms with E-state index in [1.165, 1.54) is 0 Å². The zero-order valence-corrected chi connectivity index (χ0v) is 8.84. The Hall–Kier alpha value is -0.570. The van der Waals surface area contributed by atoms with Gasteiger partial charge in [-0.3, -0.25) is 4.79 Å². The summed E-state index contributed by atoms with van der Waals surface area (Å²) in [6, 6.07) is 0.321. The van der Waals surface area contributed by atoms with Gasteiger partial charge in [-0.25, -0.2) is 0 Å². The van der Waals surface area contributed by atoms with E-state index in [1.54, 1.807) is 0 Å². The highest BCUT2D eigenvalue weighted by Gasteiger charge is 2.20. The monoisotopic (exact) mass is 184 g/mol. The molecule has 0 aromatic carbocycles. The first kappa shape index (κ1) is 10.5. The first-order valence-corrected chi connectivity index (χ1v) is 5.07. The molecule has 1 amide bonds. The van der Waals surface area contributed by atoms with Crippen LogP contribution in [0.1, 0.15) is 26.7 Å². The average molecular weight is 184 g/mol. The molecule has 1 aliphatic rings. The Balaban J connectivity index is 2.31. The van der Waals surface area contributed by atoms with Gasteiger partial charge in [-0.1, -0.05) is 0 Å². The molecule has 0 spiro atoms. The number of nitrogens with one attached hydrogen (secondary N) is 1. The van der Waals surface area contributed by atoms with Crippen molar-refractivity contribution in [3.05, 3.63) is 0 Å². The molecule has 1 rings (SSSR count). The Bertz CT molecular complexity index is 174. The van der Waals surface area contributed by atoms with E-state index >= 15 is 0 Å². The molecule has 1 saturated heterocycles. The highest BCUT2D eigenvalue weighted by atomic mass is 16.2. The summed E-state index contributed by atoms with van der Waals surface area (Å²) in [5, 5.41) is 3.28. The lowest BCUT2D eigenvalue weighted by Crippen LogP contribution is -2.34. The standard InChI is InChI=1S/C10H20N2O/c1-8(2)12(3)10(13)6-9-4-5-11-7-9/h8-9,11H,4-7H2,1-3H3. The Labute approximate surface area is 80.5 Å². The second kappa shape index (κ2) is 4.61. The fourth-order valence-electron chi connectivity index (χ4n) is 1.57. The summed E-state index contributed by atoms with van der Waals surface area (Å²) in [5.41, 5.74) is 0. The molecule has 0 aliphatic carbocycles. The average Bonchev–Trinajstić information content (AvgIpc) is 2.55. The second-order valence-corrected chi connectivity index (χ2v) is 4.16. The molecule has 0 aromatic rings. The van der Waals surface area contributed by atoms with Crippen LogP contribution in [0.5, 0.6) is 0 Å². The second-order valence-electron chi connectivity index (χ2n) is 4.16. The van der Waals surface area contributed by atoms with Crippen molar-refractivity contribution in [3.63, 3.8) is 0 Å². The minimum absolute atomic E-state index is 0.281. The van der Waals surface area contributed by atoms with Crippen LogP contribution in [-0.2, 0) is 4.79 Å². The van der Waals surface area contributed by atoms with E-state index in [1.807, 2.05) is 25.8 Å². The molecule has 76 valence electrons. The van der Waals surface area contributed by atoms with Gasteiger partial charge in [0.05, 0.1) is 0 Å². The summed E-state index contributed by atoms with van der Waals surface area (Å²) in [4.78, 5) is 13.5. The molecule has 1 fully saturated rings. The van der Waals surface area contributed by atoms with Crippen LogP contribution in [0.25, 0.3) is 0 Å². The molecule has 0 aromatic heterocycles. The maximum atomic E-state index is 11.6. The molecule has 1 atom stereocenters. The van der Waals surface area contributed by atoms with Gasteiger partial charge in [0, 0.05) is 19.5 Å². The predicted octanol–water partition coefficient (Wildman–Crippen LogP) is 0.853. The van der Waals surface area contributed by atoms with E-state index in [4.69, 9.17) is 0 Å². The number of rotatable bonds is 3. The topological polar surface area (TPSA) is 32.3 Å². The molecule has 1 aliphatic heterocycles. The molecular weight excluding hydrogens is 164 g/mol. The normalized spacial score (nSPS) is 22.3. The molecular formula is C10H20N2O. The third-order valence-corrected chi connectivity index (χ3v) is 2.79. The first-order chi connectivity index (χ1) is 6.11. The third kappa shape index (κ3) is 2.99. The van der Waals surface area contributed by atoms with Crippen molar-refractivity contribution in [1.82, 2.24) is 10.2 Å². The number of hydrogen-bond acceptors (Lipinski definition) is 2. The van der Waals surface area contributed by atoms with Crippen LogP contribution in [0.15, 0.2) is 0 Å². The summed E-state index contributed by atoms with van der Waals surface area (Å²) in [6.07, 6.45) is 1.86. The fourth-order valence-corrected chi connectivity index (χ4v) is 1.57. The lowest BCUT2D eigenvalue weighted by Gasteiger charge is -2.22. The van der Waals surface area contributed by atoms with Crippen molar-refractivity contribution in [3.8, 4) is 0 Å². The number of amides is 1. The summed E-state index contributed by atoms with van der Waals surface area (Å²) in [5.74, 6) is 0.845. The van der Waals surface area contributed by atoms with Gasteiger partial charge < -0.3 is 10.2 Å². The molecule has 0 saturated carbocycles. The highest BCUT2D eigenvalue weighted by molar-refractivity contribution is 5.76. The highest BCUT2D eigenvalue weighted by Crippen LogP contribution is 2.13. The lowest BCUT2D eigenvalue weighted by atomic mass is 10.0. The van der Waals surface area contributed by atoms with Crippen molar-refractivity contribution in [2.75, 3.05) is 20.1 Å². The SMILES string of the molecule is CC(C)N(C)C(=O)CC1CCNC1. The van der Waals surface area contributed by atoms with E-state index in [0.29, 0.717) is 18.4 Å². The Kier molecular flexibility index (Phi) is 3.72. The Morgan fingerprint density at radius 3 is 2.77 bits per heavy atom. The maximum Gasteiger partial charge on any atom is 0.222 e. The van der Waals surface area contributed by atoms with E-state index in [2.05, 4.69) is 5.32 Å². The maximum absolute atomic E-state index is 11.6. The van der Waals surface area contributed by atoms with E-state index in [-0.39, 0.29) is 5.91 Å². The van der Waals surface area contributed by atoms with Gasteiger partial charge >= 0.3 is 0 Å². The Morgan fingerprint density at radius 1 is 1.62 bits per heavy atom. The largest absolute Gasteiger partial charge is 0.343 e. The Morgan fingerprint density at radius 2 is 2.31 bits per heavy atom. The van der Waals surface area contributed by atoms with Gasteiger partial charge in [-0.15, -0.1) is 0 Å². The molecule has 1 heterocycles. The van der Waals surface area contributed by atoms with Gasteiger partial charge in [0.25, 0.3) is 0 Å². The number of carbonyl (C=O) groups is 1. The zero-order chi connectivity index (χ0) is 9.84. The van der Waals surface area contributed by atoms with Crippen molar-refractivity contribution in [2.45, 2.75) is 32.7 Å². The molecule has 3 nitrogen and oxygen atoms in total. The minimum atomic E-state index is 0.281. The zero-order valence-electron chi connectivity index (χ0n) is 8.84. The van der Waals surface area contributed by atoms with Gasteiger partial charge in [0.15, 0.2) is 0 Å². The van der Waals surface area contributed by atoms with Gasteiger partial charge in [-0.2, -0.15) is 0 Å². The van der Waals surface area contributed by atoms with Crippen LogP contribution in [0.3, 0.4) is 0 Å².